The molecule has 6 nitrogen and oxygen atoms in total. The predicted octanol–water partition coefficient (Wildman–Crippen LogP) is 1.15. The zero-order valence-corrected chi connectivity index (χ0v) is 13.6. The standard InChI is InChI=1S/C16H25N3O3/c1-12-5-6-13(22-12)11-19-14(7-8-15(19)20)16(21)17-9-4-10-18(2)3/h5-6,14H,4,7-11H2,1-3H3,(H,17,21)/t14-/m0/s1. The molecule has 1 N–H and O–H groups in total. The van der Waals surface area contributed by atoms with Crippen LogP contribution >= 0.6 is 0 Å². The van der Waals surface area contributed by atoms with Crippen molar-refractivity contribution in [1.82, 2.24) is 15.1 Å². The van der Waals surface area contributed by atoms with Crippen LogP contribution in [0.5, 0.6) is 0 Å². The number of nitrogens with one attached hydrogen (secondary N) is 1. The number of carbonyl (C=O) groups is 2. The molecule has 1 aromatic heterocycles. The first-order valence-corrected chi connectivity index (χ1v) is 7.74. The molecule has 0 radical (unpaired) electrons. The second kappa shape index (κ2) is 7.45. The highest BCUT2D eigenvalue weighted by Crippen LogP contribution is 2.22. The molecule has 6 heteroatoms. The zero-order valence-electron chi connectivity index (χ0n) is 13.6. The highest BCUT2D eigenvalue weighted by Gasteiger charge is 2.36. The maximum Gasteiger partial charge on any atom is 0.242 e. The van der Waals surface area contributed by atoms with E-state index in [2.05, 4.69) is 10.2 Å². The molecule has 0 saturated carbocycles. The zero-order chi connectivity index (χ0) is 16.1. The van der Waals surface area contributed by atoms with Crippen molar-refractivity contribution in [3.05, 3.63) is 23.7 Å². The van der Waals surface area contributed by atoms with Crippen LogP contribution in [0.15, 0.2) is 16.5 Å². The summed E-state index contributed by atoms with van der Waals surface area (Å²) in [7, 11) is 4.01. The third-order valence-corrected chi connectivity index (χ3v) is 3.83. The average Bonchev–Trinajstić information content (AvgIpc) is 3.02. The summed E-state index contributed by atoms with van der Waals surface area (Å²) in [5.41, 5.74) is 0. The van der Waals surface area contributed by atoms with Crippen molar-refractivity contribution in [2.24, 2.45) is 0 Å². The molecule has 1 aliphatic heterocycles. The van der Waals surface area contributed by atoms with Gasteiger partial charge < -0.3 is 19.5 Å². The van der Waals surface area contributed by atoms with Crippen LogP contribution in [-0.4, -0.2) is 54.8 Å². The highest BCUT2D eigenvalue weighted by molar-refractivity contribution is 5.90. The Morgan fingerprint density at radius 2 is 2.23 bits per heavy atom. The number of amides is 2. The minimum atomic E-state index is -0.378. The van der Waals surface area contributed by atoms with Crippen LogP contribution in [0.3, 0.4) is 0 Å². The maximum atomic E-state index is 12.3. The largest absolute Gasteiger partial charge is 0.464 e. The van der Waals surface area contributed by atoms with Gasteiger partial charge in [-0.1, -0.05) is 0 Å². The molecule has 22 heavy (non-hydrogen) atoms. The van der Waals surface area contributed by atoms with Gasteiger partial charge in [0.05, 0.1) is 6.54 Å². The Morgan fingerprint density at radius 1 is 1.45 bits per heavy atom. The third-order valence-electron chi connectivity index (χ3n) is 3.83. The first kappa shape index (κ1) is 16.5. The number of nitrogens with zero attached hydrogens (tertiary/aromatic N) is 2. The van der Waals surface area contributed by atoms with Crippen LogP contribution in [0.25, 0.3) is 0 Å². The van der Waals surface area contributed by atoms with Gasteiger partial charge in [0.1, 0.15) is 17.6 Å². The van der Waals surface area contributed by atoms with Gasteiger partial charge >= 0.3 is 0 Å². The van der Waals surface area contributed by atoms with Gasteiger partial charge in [0, 0.05) is 13.0 Å². The SMILES string of the molecule is Cc1ccc(CN2C(=O)CC[C@H]2C(=O)NCCCN(C)C)o1. The Morgan fingerprint density at radius 3 is 2.86 bits per heavy atom. The summed E-state index contributed by atoms with van der Waals surface area (Å²) in [4.78, 5) is 28.0. The van der Waals surface area contributed by atoms with Crippen molar-refractivity contribution in [1.29, 1.82) is 0 Å². The number of hydrogen-bond acceptors (Lipinski definition) is 4. The lowest BCUT2D eigenvalue weighted by Gasteiger charge is -2.23. The van der Waals surface area contributed by atoms with Crippen LogP contribution in [0.1, 0.15) is 30.8 Å². The number of furan rings is 1. The quantitative estimate of drug-likeness (QED) is 0.767. The molecule has 2 amide bonds. The highest BCUT2D eigenvalue weighted by atomic mass is 16.3. The van der Waals surface area contributed by atoms with Gasteiger partial charge in [0.25, 0.3) is 0 Å². The average molecular weight is 307 g/mol. The van der Waals surface area contributed by atoms with Crippen molar-refractivity contribution < 1.29 is 14.0 Å². The Hall–Kier alpha value is -1.82. The van der Waals surface area contributed by atoms with Gasteiger partial charge in [-0.3, -0.25) is 9.59 Å². The number of hydrogen-bond donors (Lipinski definition) is 1. The number of carbonyl (C=O) groups excluding carboxylic acids is 2. The fraction of sp³-hybridized carbons (Fsp3) is 0.625. The topological polar surface area (TPSA) is 65.8 Å². The van der Waals surface area contributed by atoms with E-state index in [1.54, 1.807) is 4.90 Å². The Balaban J connectivity index is 1.88. The van der Waals surface area contributed by atoms with E-state index in [1.807, 2.05) is 33.2 Å². The summed E-state index contributed by atoms with van der Waals surface area (Å²) in [5, 5.41) is 2.93. The van der Waals surface area contributed by atoms with Crippen LogP contribution in [0, 0.1) is 6.92 Å². The fourth-order valence-corrected chi connectivity index (χ4v) is 2.67. The summed E-state index contributed by atoms with van der Waals surface area (Å²) in [6.45, 7) is 3.79. The third kappa shape index (κ3) is 4.34. The van der Waals surface area contributed by atoms with Gasteiger partial charge in [-0.25, -0.2) is 0 Å². The molecule has 0 unspecified atom stereocenters. The predicted molar refractivity (Wildman–Crippen MR) is 83.2 cm³/mol. The molecule has 1 saturated heterocycles. The Labute approximate surface area is 131 Å². The van der Waals surface area contributed by atoms with Crippen molar-refractivity contribution in [3.8, 4) is 0 Å². The molecular formula is C16H25N3O3. The van der Waals surface area contributed by atoms with Crippen LogP contribution in [0.4, 0.5) is 0 Å². The Kier molecular flexibility index (Phi) is 5.60. The summed E-state index contributed by atoms with van der Waals surface area (Å²) >= 11 is 0. The summed E-state index contributed by atoms with van der Waals surface area (Å²) in [6, 6.07) is 3.34. The second-order valence-corrected chi connectivity index (χ2v) is 6.04. The molecule has 2 rings (SSSR count). The lowest BCUT2D eigenvalue weighted by Crippen LogP contribution is -2.44. The molecule has 1 aromatic rings. The molecular weight excluding hydrogens is 282 g/mol. The first-order valence-electron chi connectivity index (χ1n) is 7.74. The molecule has 0 spiro atoms. The van der Waals surface area contributed by atoms with Gasteiger partial charge in [0.2, 0.25) is 11.8 Å². The number of likely N-dealkylation sites (tertiary alicyclic amines) is 1. The molecule has 1 fully saturated rings. The van der Waals surface area contributed by atoms with Crippen LogP contribution < -0.4 is 5.32 Å². The molecule has 1 aliphatic rings. The summed E-state index contributed by atoms with van der Waals surface area (Å²) in [6.07, 6.45) is 1.91. The van der Waals surface area contributed by atoms with Gasteiger partial charge in [-0.15, -0.1) is 0 Å². The van der Waals surface area contributed by atoms with Crippen molar-refractivity contribution in [3.63, 3.8) is 0 Å². The molecule has 122 valence electrons. The maximum absolute atomic E-state index is 12.3. The Bertz CT molecular complexity index is 524. The van der Waals surface area contributed by atoms with E-state index in [0.717, 1.165) is 24.5 Å². The first-order chi connectivity index (χ1) is 10.5. The molecule has 2 heterocycles. The monoisotopic (exact) mass is 307 g/mol. The second-order valence-electron chi connectivity index (χ2n) is 6.04. The normalized spacial score (nSPS) is 18.3. The van der Waals surface area contributed by atoms with E-state index in [0.29, 0.717) is 25.9 Å². The van der Waals surface area contributed by atoms with Crippen LogP contribution in [0.2, 0.25) is 0 Å². The fourth-order valence-electron chi connectivity index (χ4n) is 2.67. The van der Waals surface area contributed by atoms with Gasteiger partial charge in [-0.2, -0.15) is 0 Å². The lowest BCUT2D eigenvalue weighted by molar-refractivity contribution is -0.136. The van der Waals surface area contributed by atoms with Crippen LogP contribution in [-0.2, 0) is 16.1 Å². The van der Waals surface area contributed by atoms with E-state index in [4.69, 9.17) is 4.42 Å². The van der Waals surface area contributed by atoms with Gasteiger partial charge in [-0.05, 0) is 52.5 Å². The number of rotatable bonds is 7. The van der Waals surface area contributed by atoms with E-state index in [-0.39, 0.29) is 17.9 Å². The van der Waals surface area contributed by atoms with E-state index in [9.17, 15) is 9.59 Å². The molecule has 0 bridgehead atoms. The van der Waals surface area contributed by atoms with Crippen molar-refractivity contribution in [2.75, 3.05) is 27.2 Å². The van der Waals surface area contributed by atoms with E-state index in [1.165, 1.54) is 0 Å². The molecule has 0 aromatic carbocycles. The van der Waals surface area contributed by atoms with E-state index < -0.39 is 0 Å². The van der Waals surface area contributed by atoms with Crippen molar-refractivity contribution in [2.45, 2.75) is 38.8 Å². The van der Waals surface area contributed by atoms with Gasteiger partial charge in [0.15, 0.2) is 0 Å². The minimum absolute atomic E-state index is 0.0162. The lowest BCUT2D eigenvalue weighted by atomic mass is 10.2. The molecule has 1 atom stereocenters. The van der Waals surface area contributed by atoms with E-state index >= 15 is 0 Å². The summed E-state index contributed by atoms with van der Waals surface area (Å²) in [5.74, 6) is 1.49. The summed E-state index contributed by atoms with van der Waals surface area (Å²) < 4.78 is 5.52. The molecule has 0 aliphatic carbocycles. The number of aryl methyl sites for hydroxylation is 1. The minimum Gasteiger partial charge on any atom is -0.464 e. The smallest absolute Gasteiger partial charge is 0.242 e. The van der Waals surface area contributed by atoms with Crippen molar-refractivity contribution >= 4 is 11.8 Å².